The van der Waals surface area contributed by atoms with E-state index in [2.05, 4.69) is 25.8 Å². The summed E-state index contributed by atoms with van der Waals surface area (Å²) in [5.41, 5.74) is 8.00. The largest absolute Gasteiger partial charge is 0.444 e. The van der Waals surface area contributed by atoms with Crippen LogP contribution in [-0.4, -0.2) is 67.8 Å². The Morgan fingerprint density at radius 1 is 1.24 bits per heavy atom. The molecule has 220 valence electrons. The summed E-state index contributed by atoms with van der Waals surface area (Å²) >= 11 is 0. The van der Waals surface area contributed by atoms with Gasteiger partial charge in [0.1, 0.15) is 29.6 Å². The number of nitrogens with zero attached hydrogens (tertiary/aromatic N) is 5. The van der Waals surface area contributed by atoms with Gasteiger partial charge in [-0.1, -0.05) is 13.8 Å². The van der Waals surface area contributed by atoms with E-state index >= 15 is 0 Å². The molecule has 14 heteroatoms. The van der Waals surface area contributed by atoms with Gasteiger partial charge in [-0.3, -0.25) is 4.79 Å². The molecule has 3 saturated carbocycles. The van der Waals surface area contributed by atoms with Crippen LogP contribution < -0.4 is 16.4 Å². The molecule has 0 unspecified atom stereocenters. The molecule has 1 saturated heterocycles. The maximum absolute atomic E-state index is 12.5. The smallest absolute Gasteiger partial charge is 0.407 e. The maximum atomic E-state index is 12.5. The molecule has 4 heterocycles. The average Bonchev–Trinajstić information content (AvgIpc) is 3.62. The van der Waals surface area contributed by atoms with Crippen LogP contribution in [0.4, 0.5) is 16.4 Å². The molecule has 4 N–H and O–H groups in total. The summed E-state index contributed by atoms with van der Waals surface area (Å²) in [4.78, 5) is 29.4. The van der Waals surface area contributed by atoms with Crippen molar-refractivity contribution in [2.45, 2.75) is 76.7 Å². The second-order valence-corrected chi connectivity index (χ2v) is 11.6. The number of hydrogen-bond donors (Lipinski definition) is 3. The predicted octanol–water partition coefficient (Wildman–Crippen LogP) is 2.41. The molecular formula is C27H36N8O6. The average molecular weight is 569 g/mol. The molecule has 0 aromatic carbocycles. The van der Waals surface area contributed by atoms with Crippen molar-refractivity contribution in [1.82, 2.24) is 29.7 Å². The summed E-state index contributed by atoms with van der Waals surface area (Å²) in [6.07, 6.45) is 5.75. The highest BCUT2D eigenvalue weighted by atomic mass is 16.6. The molecule has 0 spiro atoms. The molecule has 1 amide bonds. The molecule has 0 radical (unpaired) electrons. The van der Waals surface area contributed by atoms with Gasteiger partial charge in [0, 0.05) is 37.5 Å². The Labute approximate surface area is 236 Å². The van der Waals surface area contributed by atoms with Crippen molar-refractivity contribution < 1.29 is 28.5 Å². The lowest BCUT2D eigenvalue weighted by Gasteiger charge is -2.61. The van der Waals surface area contributed by atoms with E-state index < -0.39 is 30.3 Å². The van der Waals surface area contributed by atoms with Crippen molar-refractivity contribution in [3.8, 4) is 0 Å². The third kappa shape index (κ3) is 5.59. The zero-order valence-electron chi connectivity index (χ0n) is 23.4. The zero-order chi connectivity index (χ0) is 28.7. The monoisotopic (exact) mass is 568 g/mol. The van der Waals surface area contributed by atoms with E-state index in [1.165, 1.54) is 4.68 Å². The van der Waals surface area contributed by atoms with Gasteiger partial charge in [-0.05, 0) is 37.2 Å². The first kappa shape index (κ1) is 27.4. The molecule has 41 heavy (non-hydrogen) atoms. The van der Waals surface area contributed by atoms with Gasteiger partial charge < -0.3 is 35.3 Å². The zero-order valence-corrected chi connectivity index (χ0v) is 23.4. The van der Waals surface area contributed by atoms with E-state index in [0.717, 1.165) is 36.4 Å². The van der Waals surface area contributed by atoms with Gasteiger partial charge in [0.2, 0.25) is 0 Å². The van der Waals surface area contributed by atoms with E-state index in [4.69, 9.17) is 24.7 Å². The first-order chi connectivity index (χ1) is 19.7. The highest BCUT2D eigenvalue weighted by Crippen LogP contribution is 2.57. The third-order valence-corrected chi connectivity index (χ3v) is 8.07. The number of carbonyl (C=O) groups excluding carboxylic acids is 2. The van der Waals surface area contributed by atoms with Gasteiger partial charge in [0.25, 0.3) is 0 Å². The second-order valence-electron chi connectivity index (χ2n) is 11.6. The van der Waals surface area contributed by atoms with Crippen molar-refractivity contribution >= 4 is 29.2 Å². The molecule has 3 atom stereocenters. The van der Waals surface area contributed by atoms with E-state index in [-0.39, 0.29) is 24.8 Å². The molecule has 3 aromatic heterocycles. The fraction of sp³-hybridized carbons (Fsp3) is 0.593. The van der Waals surface area contributed by atoms with Crippen molar-refractivity contribution in [2.24, 2.45) is 17.6 Å². The van der Waals surface area contributed by atoms with Crippen molar-refractivity contribution in [3.05, 3.63) is 35.9 Å². The maximum Gasteiger partial charge on any atom is 0.407 e. The molecular weight excluding hydrogens is 532 g/mol. The van der Waals surface area contributed by atoms with Crippen molar-refractivity contribution in [2.75, 3.05) is 19.0 Å². The Hall–Kier alpha value is -3.75. The van der Waals surface area contributed by atoms with Crippen LogP contribution in [0.1, 0.15) is 57.0 Å². The molecule has 2 bridgehead atoms. The highest BCUT2D eigenvalue weighted by molar-refractivity contribution is 5.76. The lowest BCUT2D eigenvalue weighted by atomic mass is 9.50. The summed E-state index contributed by atoms with van der Waals surface area (Å²) in [7, 11) is 1.61. The van der Waals surface area contributed by atoms with Crippen LogP contribution in [0.25, 0.3) is 5.52 Å². The Balaban J connectivity index is 1.18. The number of fused-ring (bicyclic) bond motifs is 1. The molecule has 4 fully saturated rings. The van der Waals surface area contributed by atoms with Crippen LogP contribution in [-0.2, 0) is 37.1 Å². The Kier molecular flexibility index (Phi) is 7.30. The van der Waals surface area contributed by atoms with Crippen LogP contribution in [0.2, 0.25) is 0 Å². The van der Waals surface area contributed by atoms with Gasteiger partial charge in [-0.25, -0.2) is 19.0 Å². The third-order valence-electron chi connectivity index (χ3n) is 8.07. The summed E-state index contributed by atoms with van der Waals surface area (Å²) < 4.78 is 25.5. The summed E-state index contributed by atoms with van der Waals surface area (Å²) in [5.74, 6) is 1.21. The molecule has 3 aliphatic carbocycles. The number of alkyl carbamates (subject to hydrolysis) is 1. The lowest BCUT2D eigenvalue weighted by molar-refractivity contribution is -0.150. The van der Waals surface area contributed by atoms with Crippen LogP contribution in [0.5, 0.6) is 0 Å². The number of anilines is 2. The van der Waals surface area contributed by atoms with Crippen LogP contribution in [0.3, 0.4) is 0 Å². The molecule has 1 aliphatic heterocycles. The summed E-state index contributed by atoms with van der Waals surface area (Å²) in [6.45, 7) is 4.16. The lowest BCUT2D eigenvalue weighted by Crippen LogP contribution is -2.68. The number of nitrogens with two attached hydrogens (primary N) is 1. The number of carbonyl (C=O) groups is 2. The van der Waals surface area contributed by atoms with E-state index in [1.807, 2.05) is 26.0 Å². The first-order valence-corrected chi connectivity index (χ1v) is 13.9. The van der Waals surface area contributed by atoms with Crippen LogP contribution in [0.15, 0.2) is 24.5 Å². The number of rotatable bonds is 11. The topological polar surface area (TPSA) is 169 Å². The summed E-state index contributed by atoms with van der Waals surface area (Å²) in [5, 5.41) is 15.5. The minimum Gasteiger partial charge on any atom is -0.444 e. The fourth-order valence-corrected chi connectivity index (χ4v) is 5.61. The van der Waals surface area contributed by atoms with Crippen LogP contribution in [0, 0.1) is 11.8 Å². The predicted molar refractivity (Wildman–Crippen MR) is 145 cm³/mol. The number of ether oxygens (including phenoxy) is 4. The quantitative estimate of drug-likeness (QED) is 0.290. The van der Waals surface area contributed by atoms with E-state index in [1.54, 1.807) is 24.0 Å². The minimum absolute atomic E-state index is 0.0494. The molecule has 4 aliphatic rings. The van der Waals surface area contributed by atoms with Gasteiger partial charge in [0.15, 0.2) is 12.5 Å². The standard InChI is InChI=1S/C27H36N8O6/c1-15(2)23(28)25(36)40-14-35-22(30-24-20-6-17(12-38-3)32-34(20)5-4-29-24)8-19(33-35)21-7-18(13-39-21)41-26(37)31-27-9-16(10-27)11-27/h4-6,8,15-16,18,21,23H,7,9-14,28H2,1-3H3,(H,29,30)(H,31,37)/t16?,18-,21-,23-,27?/m0/s1. The first-order valence-electron chi connectivity index (χ1n) is 13.9. The number of esters is 1. The van der Waals surface area contributed by atoms with Gasteiger partial charge in [-0.15, -0.1) is 0 Å². The van der Waals surface area contributed by atoms with Crippen LogP contribution >= 0.6 is 0 Å². The van der Waals surface area contributed by atoms with Gasteiger partial charge >= 0.3 is 12.1 Å². The van der Waals surface area contributed by atoms with Gasteiger partial charge in [0.05, 0.1) is 24.6 Å². The van der Waals surface area contributed by atoms with Crippen molar-refractivity contribution in [1.29, 1.82) is 0 Å². The SMILES string of the molecule is COCc1cc2c(Nc3cc([C@@H]4C[C@H](OC(=O)NC56CC(C5)C6)CO4)nn3COC(=O)[C@@H](N)C(C)C)nccn2n1. The Morgan fingerprint density at radius 2 is 2.05 bits per heavy atom. The number of nitrogens with one attached hydrogen (secondary N) is 2. The molecule has 7 rings (SSSR count). The Morgan fingerprint density at radius 3 is 2.76 bits per heavy atom. The Bertz CT molecular complexity index is 1420. The van der Waals surface area contributed by atoms with E-state index in [0.29, 0.717) is 30.4 Å². The number of amides is 1. The number of methoxy groups -OCH3 is 1. The fourth-order valence-electron chi connectivity index (χ4n) is 5.61. The number of hydrogen-bond acceptors (Lipinski definition) is 11. The molecule has 14 nitrogen and oxygen atoms in total. The minimum atomic E-state index is -0.754. The highest BCUT2D eigenvalue weighted by Gasteiger charge is 2.57. The summed E-state index contributed by atoms with van der Waals surface area (Å²) in [6, 6.07) is 2.93. The number of aromatic nitrogens is 5. The second kappa shape index (κ2) is 10.9. The molecule has 3 aromatic rings. The van der Waals surface area contributed by atoms with E-state index in [9.17, 15) is 9.59 Å². The van der Waals surface area contributed by atoms with Crippen molar-refractivity contribution in [3.63, 3.8) is 0 Å². The normalized spacial score (nSPS) is 25.4. The van der Waals surface area contributed by atoms with Gasteiger partial charge in [-0.2, -0.15) is 10.2 Å².